The highest BCUT2D eigenvalue weighted by Crippen LogP contribution is 2.22. The summed E-state index contributed by atoms with van der Waals surface area (Å²) in [5.41, 5.74) is 0.416. The molecule has 0 aromatic rings. The molecular formula is C16H36N2. The van der Waals surface area contributed by atoms with Crippen molar-refractivity contribution < 1.29 is 0 Å². The molecule has 1 N–H and O–H groups in total. The minimum absolute atomic E-state index is 0.416. The normalized spacial score (nSPS) is 15.3. The van der Waals surface area contributed by atoms with Crippen molar-refractivity contribution in [1.82, 2.24) is 10.2 Å². The highest BCUT2D eigenvalue weighted by Gasteiger charge is 2.24. The Balaban J connectivity index is 4.23. The predicted octanol–water partition coefficient (Wildman–Crippen LogP) is 3.77. The molecule has 0 saturated carbocycles. The highest BCUT2D eigenvalue weighted by atomic mass is 15.1. The van der Waals surface area contributed by atoms with Crippen LogP contribution in [0, 0.1) is 11.3 Å². The molecule has 0 heterocycles. The lowest BCUT2D eigenvalue weighted by atomic mass is 9.86. The fourth-order valence-corrected chi connectivity index (χ4v) is 2.40. The molecule has 0 rings (SSSR count). The molecule has 1 atom stereocenters. The highest BCUT2D eigenvalue weighted by molar-refractivity contribution is 4.80. The van der Waals surface area contributed by atoms with Crippen molar-refractivity contribution in [3.05, 3.63) is 0 Å². The average molecular weight is 256 g/mol. The Morgan fingerprint density at radius 2 is 1.61 bits per heavy atom. The van der Waals surface area contributed by atoms with E-state index in [-0.39, 0.29) is 0 Å². The number of hydrogen-bond donors (Lipinski definition) is 1. The van der Waals surface area contributed by atoms with Crippen molar-refractivity contribution >= 4 is 0 Å². The van der Waals surface area contributed by atoms with Gasteiger partial charge in [0.1, 0.15) is 0 Å². The summed E-state index contributed by atoms with van der Waals surface area (Å²) in [4.78, 5) is 2.64. The molecule has 0 aromatic carbocycles. The van der Waals surface area contributed by atoms with E-state index in [1.54, 1.807) is 0 Å². The fourth-order valence-electron chi connectivity index (χ4n) is 2.40. The Morgan fingerprint density at radius 1 is 1.06 bits per heavy atom. The SMILES string of the molecule is CCCN(CCC)CC(C)(CC)CNCC(C)C. The maximum absolute atomic E-state index is 3.64. The summed E-state index contributed by atoms with van der Waals surface area (Å²) in [7, 11) is 0. The van der Waals surface area contributed by atoms with E-state index < -0.39 is 0 Å². The van der Waals surface area contributed by atoms with E-state index in [0.29, 0.717) is 5.41 Å². The second-order valence-corrected chi connectivity index (χ2v) is 6.47. The van der Waals surface area contributed by atoms with Crippen LogP contribution in [-0.4, -0.2) is 37.6 Å². The topological polar surface area (TPSA) is 15.3 Å². The van der Waals surface area contributed by atoms with Crippen LogP contribution >= 0.6 is 0 Å². The monoisotopic (exact) mass is 256 g/mol. The fraction of sp³-hybridized carbons (Fsp3) is 1.00. The Bertz CT molecular complexity index is 186. The van der Waals surface area contributed by atoms with Crippen LogP contribution in [0.1, 0.15) is 60.8 Å². The zero-order valence-corrected chi connectivity index (χ0v) is 13.7. The molecule has 0 fully saturated rings. The van der Waals surface area contributed by atoms with Gasteiger partial charge in [0.2, 0.25) is 0 Å². The smallest absolute Gasteiger partial charge is 0.00474 e. The third-order valence-corrected chi connectivity index (χ3v) is 3.64. The van der Waals surface area contributed by atoms with Crippen molar-refractivity contribution in [2.24, 2.45) is 11.3 Å². The largest absolute Gasteiger partial charge is 0.316 e. The maximum atomic E-state index is 3.64. The van der Waals surface area contributed by atoms with E-state index in [0.717, 1.165) is 19.0 Å². The van der Waals surface area contributed by atoms with E-state index in [1.807, 2.05) is 0 Å². The van der Waals surface area contributed by atoms with Gasteiger partial charge in [-0.05, 0) is 50.2 Å². The first-order chi connectivity index (χ1) is 8.47. The molecule has 0 spiro atoms. The van der Waals surface area contributed by atoms with Crippen molar-refractivity contribution in [3.8, 4) is 0 Å². The van der Waals surface area contributed by atoms with E-state index in [9.17, 15) is 0 Å². The van der Waals surface area contributed by atoms with Gasteiger partial charge in [0.15, 0.2) is 0 Å². The lowest BCUT2D eigenvalue weighted by Crippen LogP contribution is -2.43. The molecule has 0 aromatic heterocycles. The molecular weight excluding hydrogens is 220 g/mol. The Kier molecular flexibility index (Phi) is 9.76. The maximum Gasteiger partial charge on any atom is 0.00474 e. The van der Waals surface area contributed by atoms with E-state index in [4.69, 9.17) is 0 Å². The first kappa shape index (κ1) is 17.9. The predicted molar refractivity (Wildman–Crippen MR) is 83.1 cm³/mol. The summed E-state index contributed by atoms with van der Waals surface area (Å²) < 4.78 is 0. The summed E-state index contributed by atoms with van der Waals surface area (Å²) in [6, 6.07) is 0. The first-order valence-electron chi connectivity index (χ1n) is 7.90. The van der Waals surface area contributed by atoms with E-state index in [2.05, 4.69) is 51.8 Å². The number of nitrogens with one attached hydrogen (secondary N) is 1. The van der Waals surface area contributed by atoms with Gasteiger partial charge in [-0.25, -0.2) is 0 Å². The summed E-state index contributed by atoms with van der Waals surface area (Å²) >= 11 is 0. The minimum atomic E-state index is 0.416. The Morgan fingerprint density at radius 3 is 2.00 bits per heavy atom. The van der Waals surface area contributed by atoms with Crippen molar-refractivity contribution in [3.63, 3.8) is 0 Å². The first-order valence-corrected chi connectivity index (χ1v) is 7.90. The van der Waals surface area contributed by atoms with Crippen LogP contribution in [0.25, 0.3) is 0 Å². The van der Waals surface area contributed by atoms with Gasteiger partial charge in [-0.1, -0.05) is 41.5 Å². The van der Waals surface area contributed by atoms with Gasteiger partial charge in [-0.15, -0.1) is 0 Å². The van der Waals surface area contributed by atoms with Crippen LogP contribution in [0.4, 0.5) is 0 Å². The van der Waals surface area contributed by atoms with Crippen LogP contribution in [-0.2, 0) is 0 Å². The molecule has 0 aliphatic carbocycles. The van der Waals surface area contributed by atoms with Gasteiger partial charge >= 0.3 is 0 Å². The zero-order chi connectivity index (χ0) is 14.0. The number of hydrogen-bond acceptors (Lipinski definition) is 2. The molecule has 110 valence electrons. The third-order valence-electron chi connectivity index (χ3n) is 3.64. The van der Waals surface area contributed by atoms with Crippen molar-refractivity contribution in [2.45, 2.75) is 60.8 Å². The molecule has 0 aliphatic rings. The standard InChI is InChI=1S/C16H36N2/c1-7-10-18(11-8-2)14-16(6,9-3)13-17-12-15(4)5/h15,17H,7-14H2,1-6H3. The van der Waals surface area contributed by atoms with Crippen molar-refractivity contribution in [2.75, 3.05) is 32.7 Å². The summed E-state index contributed by atoms with van der Waals surface area (Å²) in [5, 5.41) is 3.64. The average Bonchev–Trinajstić information content (AvgIpc) is 2.29. The summed E-state index contributed by atoms with van der Waals surface area (Å²) in [5.74, 6) is 0.744. The number of nitrogens with zero attached hydrogens (tertiary/aromatic N) is 1. The Labute approximate surface area is 116 Å². The molecule has 0 saturated heterocycles. The molecule has 0 bridgehead atoms. The summed E-state index contributed by atoms with van der Waals surface area (Å²) in [6.07, 6.45) is 3.78. The Hall–Kier alpha value is -0.0800. The van der Waals surface area contributed by atoms with Gasteiger partial charge in [0.05, 0.1) is 0 Å². The lowest BCUT2D eigenvalue weighted by molar-refractivity contribution is 0.154. The zero-order valence-electron chi connectivity index (χ0n) is 13.7. The van der Waals surface area contributed by atoms with Gasteiger partial charge in [-0.2, -0.15) is 0 Å². The molecule has 1 unspecified atom stereocenters. The molecule has 0 radical (unpaired) electrons. The second kappa shape index (κ2) is 9.80. The van der Waals surface area contributed by atoms with Gasteiger partial charge in [0, 0.05) is 13.1 Å². The molecule has 2 heteroatoms. The van der Waals surface area contributed by atoms with Crippen LogP contribution in [0.2, 0.25) is 0 Å². The second-order valence-electron chi connectivity index (χ2n) is 6.47. The van der Waals surface area contributed by atoms with Gasteiger partial charge < -0.3 is 10.2 Å². The molecule has 0 aliphatic heterocycles. The molecule has 18 heavy (non-hydrogen) atoms. The number of rotatable bonds is 11. The van der Waals surface area contributed by atoms with Gasteiger partial charge in [-0.3, -0.25) is 0 Å². The molecule has 2 nitrogen and oxygen atoms in total. The van der Waals surface area contributed by atoms with Crippen LogP contribution in [0.3, 0.4) is 0 Å². The van der Waals surface area contributed by atoms with Crippen LogP contribution in [0.5, 0.6) is 0 Å². The van der Waals surface area contributed by atoms with E-state index >= 15 is 0 Å². The third kappa shape index (κ3) is 8.10. The quantitative estimate of drug-likeness (QED) is 0.605. The summed E-state index contributed by atoms with van der Waals surface area (Å²) in [6.45, 7) is 19.9. The molecule has 0 amide bonds. The lowest BCUT2D eigenvalue weighted by Gasteiger charge is -2.35. The van der Waals surface area contributed by atoms with Crippen LogP contribution < -0.4 is 5.32 Å². The van der Waals surface area contributed by atoms with E-state index in [1.165, 1.54) is 38.9 Å². The van der Waals surface area contributed by atoms with Crippen molar-refractivity contribution in [1.29, 1.82) is 0 Å². The minimum Gasteiger partial charge on any atom is -0.316 e. The van der Waals surface area contributed by atoms with Crippen LogP contribution in [0.15, 0.2) is 0 Å². The van der Waals surface area contributed by atoms with Gasteiger partial charge in [0.25, 0.3) is 0 Å².